The number of fused-ring (bicyclic) bond motifs is 2. The van der Waals surface area contributed by atoms with Crippen LogP contribution in [-0.4, -0.2) is 20.3 Å². The van der Waals surface area contributed by atoms with E-state index in [-0.39, 0.29) is 12.2 Å². The summed E-state index contributed by atoms with van der Waals surface area (Å²) < 4.78 is 7.60. The third-order valence-corrected chi connectivity index (χ3v) is 6.48. The molecular formula is C21H12ClN3O3S2. The molecule has 0 radical (unpaired) electrons. The van der Waals surface area contributed by atoms with E-state index in [2.05, 4.69) is 9.97 Å². The van der Waals surface area contributed by atoms with E-state index in [1.807, 2.05) is 30.3 Å². The molecule has 0 aliphatic carbocycles. The van der Waals surface area contributed by atoms with E-state index < -0.39 is 5.97 Å². The van der Waals surface area contributed by atoms with Crippen molar-refractivity contribution < 1.29 is 9.53 Å². The highest BCUT2D eigenvalue weighted by atomic mass is 35.5. The number of thiophene rings is 1. The van der Waals surface area contributed by atoms with Gasteiger partial charge in [0.1, 0.15) is 6.61 Å². The van der Waals surface area contributed by atoms with Crippen LogP contribution >= 0.6 is 34.3 Å². The molecular weight excluding hydrogens is 442 g/mol. The number of pyridine rings is 1. The van der Waals surface area contributed by atoms with Crippen LogP contribution in [0.1, 0.15) is 16.1 Å². The summed E-state index contributed by atoms with van der Waals surface area (Å²) >= 11 is 8.79. The van der Waals surface area contributed by atoms with Crippen LogP contribution in [-0.2, 0) is 11.3 Å². The summed E-state index contributed by atoms with van der Waals surface area (Å²) in [6, 6.07) is 14.1. The van der Waals surface area contributed by atoms with Gasteiger partial charge in [-0.05, 0) is 24.3 Å². The van der Waals surface area contributed by atoms with Crippen molar-refractivity contribution in [1.29, 1.82) is 0 Å². The maximum atomic E-state index is 12.9. The number of esters is 1. The first-order valence-electron chi connectivity index (χ1n) is 8.87. The standard InChI is InChI=1S/C21H12ClN3O3S2/c22-18-6-5-17(30-18)16-10-14(13-3-1-2-4-15(13)24-16)20(27)28-11-12-9-19(26)25-7-8-29-21(25)23-12/h1-10H,11H2. The Hall–Kier alpha value is -3.07. The van der Waals surface area contributed by atoms with E-state index in [1.54, 1.807) is 23.7 Å². The molecule has 0 unspecified atom stereocenters. The Labute approximate surface area is 183 Å². The highest BCUT2D eigenvalue weighted by Gasteiger charge is 2.17. The number of thiazole rings is 1. The summed E-state index contributed by atoms with van der Waals surface area (Å²) in [5.41, 5.74) is 1.92. The van der Waals surface area contributed by atoms with E-state index in [1.165, 1.54) is 33.1 Å². The lowest BCUT2D eigenvalue weighted by Gasteiger charge is -2.09. The minimum atomic E-state index is -0.509. The predicted molar refractivity (Wildman–Crippen MR) is 119 cm³/mol. The first-order chi connectivity index (χ1) is 14.6. The molecule has 4 heterocycles. The Balaban J connectivity index is 1.49. The maximum absolute atomic E-state index is 12.9. The van der Waals surface area contributed by atoms with Crippen LogP contribution in [0.25, 0.3) is 26.4 Å². The molecule has 0 atom stereocenters. The molecule has 0 amide bonds. The molecule has 0 saturated carbocycles. The topological polar surface area (TPSA) is 73.6 Å². The second-order valence-electron chi connectivity index (χ2n) is 6.39. The lowest BCUT2D eigenvalue weighted by Crippen LogP contribution is -2.15. The van der Waals surface area contributed by atoms with Gasteiger partial charge in [0.25, 0.3) is 5.56 Å². The second-order valence-corrected chi connectivity index (χ2v) is 8.98. The zero-order valence-corrected chi connectivity index (χ0v) is 17.6. The molecule has 1 aromatic carbocycles. The second kappa shape index (κ2) is 7.64. The molecule has 0 spiro atoms. The van der Waals surface area contributed by atoms with Crippen molar-refractivity contribution in [2.45, 2.75) is 6.61 Å². The monoisotopic (exact) mass is 453 g/mol. The summed E-state index contributed by atoms with van der Waals surface area (Å²) in [6.07, 6.45) is 1.66. The van der Waals surface area contributed by atoms with Gasteiger partial charge in [-0.15, -0.1) is 22.7 Å². The molecule has 148 valence electrons. The van der Waals surface area contributed by atoms with Crippen molar-refractivity contribution in [3.05, 3.63) is 86.1 Å². The van der Waals surface area contributed by atoms with Crippen LogP contribution in [0.4, 0.5) is 0 Å². The van der Waals surface area contributed by atoms with Crippen LogP contribution in [0.3, 0.4) is 0 Å². The van der Waals surface area contributed by atoms with E-state index in [0.717, 1.165) is 4.88 Å². The van der Waals surface area contributed by atoms with Crippen molar-refractivity contribution in [2.24, 2.45) is 0 Å². The average molecular weight is 454 g/mol. The molecule has 0 aliphatic rings. The van der Waals surface area contributed by atoms with Crippen molar-refractivity contribution >= 4 is 56.1 Å². The lowest BCUT2D eigenvalue weighted by molar-refractivity contribution is 0.0470. The van der Waals surface area contributed by atoms with Gasteiger partial charge in [-0.25, -0.2) is 14.8 Å². The van der Waals surface area contributed by atoms with Gasteiger partial charge >= 0.3 is 5.97 Å². The van der Waals surface area contributed by atoms with Crippen molar-refractivity contribution in [2.75, 3.05) is 0 Å². The molecule has 9 heteroatoms. The Morgan fingerprint density at radius 3 is 2.83 bits per heavy atom. The summed E-state index contributed by atoms with van der Waals surface area (Å²) in [5, 5.41) is 2.47. The number of hydrogen-bond acceptors (Lipinski definition) is 7. The van der Waals surface area contributed by atoms with Crippen LogP contribution < -0.4 is 5.56 Å². The Morgan fingerprint density at radius 1 is 1.13 bits per heavy atom. The normalized spacial score (nSPS) is 11.2. The molecule has 6 nitrogen and oxygen atoms in total. The van der Waals surface area contributed by atoms with Crippen LogP contribution in [0, 0.1) is 0 Å². The quantitative estimate of drug-likeness (QED) is 0.356. The number of ether oxygens (including phenoxy) is 1. The zero-order chi connectivity index (χ0) is 20.7. The van der Waals surface area contributed by atoms with Crippen molar-refractivity contribution in [3.63, 3.8) is 0 Å². The third kappa shape index (κ3) is 3.49. The van der Waals surface area contributed by atoms with Crippen LogP contribution in [0.2, 0.25) is 4.34 Å². The minimum Gasteiger partial charge on any atom is -0.456 e. The van der Waals surface area contributed by atoms with E-state index in [9.17, 15) is 9.59 Å². The third-order valence-electron chi connectivity index (χ3n) is 4.47. The first kappa shape index (κ1) is 18.9. The highest BCUT2D eigenvalue weighted by molar-refractivity contribution is 7.19. The molecule has 0 saturated heterocycles. The van der Waals surface area contributed by atoms with Gasteiger partial charge in [-0.2, -0.15) is 0 Å². The van der Waals surface area contributed by atoms with Gasteiger partial charge < -0.3 is 4.74 Å². The van der Waals surface area contributed by atoms with Gasteiger partial charge in [-0.1, -0.05) is 29.8 Å². The zero-order valence-electron chi connectivity index (χ0n) is 15.2. The average Bonchev–Trinajstić information content (AvgIpc) is 3.40. The summed E-state index contributed by atoms with van der Waals surface area (Å²) in [4.78, 5) is 35.5. The molecule has 0 aliphatic heterocycles. The van der Waals surface area contributed by atoms with Crippen molar-refractivity contribution in [1.82, 2.24) is 14.4 Å². The number of benzene rings is 1. The van der Waals surface area contributed by atoms with Gasteiger partial charge in [0.15, 0.2) is 4.96 Å². The number of nitrogens with zero attached hydrogens (tertiary/aromatic N) is 3. The number of para-hydroxylation sites is 1. The Kier molecular flexibility index (Phi) is 4.82. The number of hydrogen-bond donors (Lipinski definition) is 0. The smallest absolute Gasteiger partial charge is 0.339 e. The SMILES string of the molecule is O=C(OCc1cc(=O)n2ccsc2n1)c1cc(-c2ccc(Cl)s2)nc2ccccc12. The van der Waals surface area contributed by atoms with Gasteiger partial charge in [-0.3, -0.25) is 9.20 Å². The largest absolute Gasteiger partial charge is 0.456 e. The Morgan fingerprint density at radius 2 is 2.00 bits per heavy atom. The van der Waals surface area contributed by atoms with E-state index in [0.29, 0.717) is 37.2 Å². The van der Waals surface area contributed by atoms with E-state index in [4.69, 9.17) is 16.3 Å². The molecule has 30 heavy (non-hydrogen) atoms. The fraction of sp³-hybridized carbons (Fsp3) is 0.0476. The summed E-state index contributed by atoms with van der Waals surface area (Å²) in [5.74, 6) is -0.509. The van der Waals surface area contributed by atoms with E-state index >= 15 is 0 Å². The van der Waals surface area contributed by atoms with Gasteiger partial charge in [0.05, 0.1) is 31.7 Å². The predicted octanol–water partition coefficient (Wildman–Crippen LogP) is 5.04. The number of halogens is 1. The van der Waals surface area contributed by atoms with Crippen LogP contribution in [0.5, 0.6) is 0 Å². The maximum Gasteiger partial charge on any atom is 0.339 e. The summed E-state index contributed by atoms with van der Waals surface area (Å²) in [6.45, 7) is -0.0979. The highest BCUT2D eigenvalue weighted by Crippen LogP contribution is 2.32. The molecule has 4 aromatic heterocycles. The molecule has 0 N–H and O–H groups in total. The Bertz CT molecular complexity index is 1470. The lowest BCUT2D eigenvalue weighted by atomic mass is 10.1. The van der Waals surface area contributed by atoms with Crippen molar-refractivity contribution in [3.8, 4) is 10.6 Å². The number of rotatable bonds is 4. The fourth-order valence-electron chi connectivity index (χ4n) is 3.10. The number of carbonyl (C=O) groups excluding carboxylic acids is 1. The molecule has 0 fully saturated rings. The molecule has 5 aromatic rings. The van der Waals surface area contributed by atoms with Gasteiger partial charge in [0.2, 0.25) is 0 Å². The van der Waals surface area contributed by atoms with Crippen LogP contribution in [0.15, 0.2) is 64.9 Å². The molecule has 0 bridgehead atoms. The number of aromatic nitrogens is 3. The summed E-state index contributed by atoms with van der Waals surface area (Å²) in [7, 11) is 0. The number of carbonyl (C=O) groups is 1. The first-order valence-corrected chi connectivity index (χ1v) is 10.9. The van der Waals surface area contributed by atoms with Gasteiger partial charge in [0, 0.05) is 23.0 Å². The minimum absolute atomic E-state index is 0.0979. The molecule has 5 rings (SSSR count). The fourth-order valence-corrected chi connectivity index (χ4v) is 4.84.